The second kappa shape index (κ2) is 2.81. The topological polar surface area (TPSA) is 35.7 Å². The maximum Gasteiger partial charge on any atom is 0.191 e. The first-order valence-electron chi connectivity index (χ1n) is 3.64. The highest BCUT2D eigenvalue weighted by Crippen LogP contribution is 2.21. The van der Waals surface area contributed by atoms with E-state index in [0.717, 1.165) is 10.9 Å². The van der Waals surface area contributed by atoms with Crippen molar-refractivity contribution in [1.82, 2.24) is 4.98 Å². The van der Waals surface area contributed by atoms with E-state index in [-0.39, 0.29) is 0 Å². The molecular formula is C9H7ClNO. The molecule has 0 amide bonds. The number of nitrogens with one attached hydrogen (secondary N) is 1. The van der Waals surface area contributed by atoms with E-state index in [9.17, 15) is 5.11 Å². The minimum atomic E-state index is -1.17. The van der Waals surface area contributed by atoms with Crippen molar-refractivity contribution in [3.63, 3.8) is 0 Å². The van der Waals surface area contributed by atoms with E-state index < -0.39 is 5.56 Å². The van der Waals surface area contributed by atoms with Crippen LogP contribution in [0.1, 0.15) is 11.1 Å². The van der Waals surface area contributed by atoms with Crippen molar-refractivity contribution in [1.29, 1.82) is 0 Å². The summed E-state index contributed by atoms with van der Waals surface area (Å²) in [4.78, 5) is 3.02. The Hall–Kier alpha value is -0.990. The molecule has 12 heavy (non-hydrogen) atoms. The van der Waals surface area contributed by atoms with Crippen LogP contribution in [-0.2, 0) is 5.11 Å². The van der Waals surface area contributed by atoms with Gasteiger partial charge in [0.25, 0.3) is 0 Å². The Bertz CT molecular complexity index is 394. The van der Waals surface area contributed by atoms with Gasteiger partial charge in [0.05, 0.1) is 0 Å². The number of alkyl halides is 1. The maximum atomic E-state index is 10.8. The largest absolute Gasteiger partial charge is 0.361 e. The molecule has 1 atom stereocenters. The first-order valence-corrected chi connectivity index (χ1v) is 4.08. The number of H-pyrrole nitrogens is 1. The molecule has 61 valence electrons. The van der Waals surface area contributed by atoms with Crippen molar-refractivity contribution < 1.29 is 5.11 Å². The normalized spacial score (nSPS) is 13.5. The van der Waals surface area contributed by atoms with Crippen LogP contribution in [0.2, 0.25) is 0 Å². The Kier molecular flexibility index (Phi) is 1.79. The standard InChI is InChI=1S/C9H7ClNO/c10-9(12)7-2-1-6-3-4-11-8(6)5-7/h1-5,9,11H. The van der Waals surface area contributed by atoms with Crippen LogP contribution >= 0.6 is 11.6 Å². The van der Waals surface area contributed by atoms with E-state index in [1.165, 1.54) is 0 Å². The van der Waals surface area contributed by atoms with E-state index in [1.54, 1.807) is 12.1 Å². The Morgan fingerprint density at radius 3 is 2.92 bits per heavy atom. The molecule has 0 aliphatic carbocycles. The number of halogens is 1. The smallest absolute Gasteiger partial charge is 0.191 e. The lowest BCUT2D eigenvalue weighted by atomic mass is 10.2. The molecule has 1 unspecified atom stereocenters. The van der Waals surface area contributed by atoms with Crippen molar-refractivity contribution in [2.75, 3.05) is 0 Å². The van der Waals surface area contributed by atoms with Crippen LogP contribution in [0, 0.1) is 0 Å². The van der Waals surface area contributed by atoms with Crippen LogP contribution in [0.5, 0.6) is 0 Å². The first kappa shape index (κ1) is 7.65. The van der Waals surface area contributed by atoms with Gasteiger partial charge in [-0.25, -0.2) is 5.11 Å². The third kappa shape index (κ3) is 1.19. The van der Waals surface area contributed by atoms with E-state index in [1.807, 2.05) is 18.3 Å². The van der Waals surface area contributed by atoms with Crippen LogP contribution in [-0.4, -0.2) is 4.98 Å². The van der Waals surface area contributed by atoms with Crippen molar-refractivity contribution in [2.24, 2.45) is 0 Å². The number of aromatic amines is 1. The fourth-order valence-electron chi connectivity index (χ4n) is 1.21. The predicted molar refractivity (Wildman–Crippen MR) is 47.6 cm³/mol. The zero-order chi connectivity index (χ0) is 8.55. The summed E-state index contributed by atoms with van der Waals surface area (Å²) in [6.45, 7) is 0. The Balaban J connectivity index is 2.60. The van der Waals surface area contributed by atoms with Gasteiger partial charge < -0.3 is 4.98 Å². The van der Waals surface area contributed by atoms with Crippen molar-refractivity contribution in [3.8, 4) is 0 Å². The van der Waals surface area contributed by atoms with Gasteiger partial charge in [-0.15, -0.1) is 0 Å². The summed E-state index contributed by atoms with van der Waals surface area (Å²) in [5.74, 6) is 0. The molecule has 1 N–H and O–H groups in total. The molecule has 2 aromatic rings. The average Bonchev–Trinajstić information content (AvgIpc) is 2.49. The molecule has 1 aromatic heterocycles. The average molecular weight is 181 g/mol. The highest BCUT2D eigenvalue weighted by Gasteiger charge is 2.04. The molecule has 1 aromatic carbocycles. The number of benzene rings is 1. The monoisotopic (exact) mass is 180 g/mol. The second-order valence-corrected chi connectivity index (χ2v) is 3.04. The molecule has 0 aliphatic heterocycles. The maximum absolute atomic E-state index is 10.8. The highest BCUT2D eigenvalue weighted by atomic mass is 35.5. The molecule has 0 bridgehead atoms. The molecule has 1 radical (unpaired) electrons. The number of hydrogen-bond acceptors (Lipinski definition) is 0. The molecule has 0 saturated heterocycles. The molecule has 2 rings (SSSR count). The number of hydrogen-bond donors (Lipinski definition) is 1. The fourth-order valence-corrected chi connectivity index (χ4v) is 1.34. The summed E-state index contributed by atoms with van der Waals surface area (Å²) < 4.78 is 0. The van der Waals surface area contributed by atoms with Gasteiger partial charge in [0, 0.05) is 17.3 Å². The van der Waals surface area contributed by atoms with E-state index in [2.05, 4.69) is 4.98 Å². The summed E-state index contributed by atoms with van der Waals surface area (Å²) in [7, 11) is 0. The second-order valence-electron chi connectivity index (χ2n) is 2.64. The number of fused-ring (bicyclic) bond motifs is 1. The van der Waals surface area contributed by atoms with Gasteiger partial charge in [-0.1, -0.05) is 23.7 Å². The lowest BCUT2D eigenvalue weighted by Gasteiger charge is -1.99. The quantitative estimate of drug-likeness (QED) is 0.656. The number of rotatable bonds is 1. The third-order valence-corrected chi connectivity index (χ3v) is 2.09. The Labute approximate surface area is 74.8 Å². The molecule has 1 heterocycles. The minimum absolute atomic E-state index is 0.603. The van der Waals surface area contributed by atoms with Gasteiger partial charge in [0.15, 0.2) is 5.56 Å². The lowest BCUT2D eigenvalue weighted by Crippen LogP contribution is -1.84. The molecule has 3 heteroatoms. The van der Waals surface area contributed by atoms with Crippen molar-refractivity contribution in [2.45, 2.75) is 5.56 Å². The Morgan fingerprint density at radius 1 is 1.33 bits per heavy atom. The Morgan fingerprint density at radius 2 is 2.17 bits per heavy atom. The van der Waals surface area contributed by atoms with E-state index in [0.29, 0.717) is 5.56 Å². The fraction of sp³-hybridized carbons (Fsp3) is 0.111. The lowest BCUT2D eigenvalue weighted by molar-refractivity contribution is 0.161. The summed E-state index contributed by atoms with van der Waals surface area (Å²) >= 11 is 5.40. The number of aromatic nitrogens is 1. The highest BCUT2D eigenvalue weighted by molar-refractivity contribution is 6.19. The van der Waals surface area contributed by atoms with Crippen LogP contribution in [0.3, 0.4) is 0 Å². The van der Waals surface area contributed by atoms with Gasteiger partial charge in [-0.05, 0) is 17.5 Å². The van der Waals surface area contributed by atoms with Crippen molar-refractivity contribution in [3.05, 3.63) is 36.0 Å². The summed E-state index contributed by atoms with van der Waals surface area (Å²) in [6, 6.07) is 7.36. The van der Waals surface area contributed by atoms with Crippen LogP contribution < -0.4 is 0 Å². The molecule has 0 fully saturated rings. The van der Waals surface area contributed by atoms with E-state index in [4.69, 9.17) is 11.6 Å². The molecule has 2 nitrogen and oxygen atoms in total. The van der Waals surface area contributed by atoms with Crippen LogP contribution in [0.4, 0.5) is 0 Å². The van der Waals surface area contributed by atoms with Gasteiger partial charge in [-0.3, -0.25) is 0 Å². The summed E-state index contributed by atoms with van der Waals surface area (Å²) in [6.07, 6.45) is 1.84. The van der Waals surface area contributed by atoms with Gasteiger partial charge in [-0.2, -0.15) is 0 Å². The molecular weight excluding hydrogens is 174 g/mol. The summed E-state index contributed by atoms with van der Waals surface area (Å²) in [5.41, 5.74) is 0.387. The van der Waals surface area contributed by atoms with Gasteiger partial charge in [0.1, 0.15) is 0 Å². The van der Waals surface area contributed by atoms with Crippen LogP contribution in [0.25, 0.3) is 10.9 Å². The van der Waals surface area contributed by atoms with Crippen LogP contribution in [0.15, 0.2) is 30.5 Å². The first-order chi connectivity index (χ1) is 5.77. The minimum Gasteiger partial charge on any atom is -0.361 e. The molecule has 0 spiro atoms. The predicted octanol–water partition coefficient (Wildman–Crippen LogP) is 2.84. The zero-order valence-electron chi connectivity index (χ0n) is 6.25. The van der Waals surface area contributed by atoms with Crippen molar-refractivity contribution >= 4 is 22.5 Å². The summed E-state index contributed by atoms with van der Waals surface area (Å²) in [5, 5.41) is 11.9. The third-order valence-electron chi connectivity index (χ3n) is 1.84. The SMILES string of the molecule is [O]C(Cl)c1ccc2cc[nH]c2c1. The molecule has 0 aliphatic rings. The van der Waals surface area contributed by atoms with Gasteiger partial charge in [0.2, 0.25) is 0 Å². The zero-order valence-corrected chi connectivity index (χ0v) is 7.01. The molecule has 0 saturated carbocycles. The van der Waals surface area contributed by atoms with Gasteiger partial charge >= 0.3 is 0 Å². The van der Waals surface area contributed by atoms with E-state index >= 15 is 0 Å².